The van der Waals surface area contributed by atoms with Crippen molar-refractivity contribution in [3.63, 3.8) is 0 Å². The van der Waals surface area contributed by atoms with Gasteiger partial charge in [0.05, 0.1) is 5.52 Å². The lowest BCUT2D eigenvalue weighted by molar-refractivity contribution is -0.274. The Labute approximate surface area is 147 Å². The number of hydrogen-bond acceptors (Lipinski definition) is 4. The van der Waals surface area contributed by atoms with Gasteiger partial charge in [-0.05, 0) is 44.9 Å². The van der Waals surface area contributed by atoms with Crippen molar-refractivity contribution in [2.45, 2.75) is 50.2 Å². The molecular weight excluding hydrogens is 349 g/mol. The van der Waals surface area contributed by atoms with Crippen LogP contribution in [0.3, 0.4) is 0 Å². The molecule has 0 aliphatic carbocycles. The van der Waals surface area contributed by atoms with Gasteiger partial charge in [0, 0.05) is 29.6 Å². The fraction of sp³-hybridized carbons (Fsp3) is 0.529. The molecule has 0 spiro atoms. The second-order valence-electron chi connectivity index (χ2n) is 7.02. The van der Waals surface area contributed by atoms with Gasteiger partial charge in [-0.25, -0.2) is 0 Å². The minimum atomic E-state index is -4.76. The molecule has 2 aromatic rings. The average molecular weight is 368 g/mol. The largest absolute Gasteiger partial charge is 0.573 e. The lowest BCUT2D eigenvalue weighted by Crippen LogP contribution is -2.48. The van der Waals surface area contributed by atoms with Crippen LogP contribution in [0.15, 0.2) is 18.2 Å². The Bertz CT molecular complexity index is 821. The molecule has 0 radical (unpaired) electrons. The summed E-state index contributed by atoms with van der Waals surface area (Å²) in [7, 11) is 2.13. The van der Waals surface area contributed by atoms with Crippen molar-refractivity contribution >= 4 is 16.8 Å². The van der Waals surface area contributed by atoms with Crippen LogP contribution in [0.4, 0.5) is 13.2 Å². The molecule has 2 aliphatic rings. The van der Waals surface area contributed by atoms with E-state index in [1.807, 2.05) is 0 Å². The molecule has 2 unspecified atom stereocenters. The number of ether oxygens (including phenoxy) is 1. The van der Waals surface area contributed by atoms with Crippen LogP contribution in [-0.2, 0) is 0 Å². The Morgan fingerprint density at radius 1 is 1.31 bits per heavy atom. The first-order valence-electron chi connectivity index (χ1n) is 8.57. The summed E-state index contributed by atoms with van der Waals surface area (Å²) in [5.74, 6) is -0.665. The molecule has 2 saturated heterocycles. The van der Waals surface area contributed by atoms with Gasteiger partial charge in [0.15, 0.2) is 5.69 Å². The lowest BCUT2D eigenvalue weighted by atomic mass is 9.98. The standard InChI is InChI=1S/C17H19F3N4O2/c1-24-10-2-3-11(24)7-9(6-10)21-16(25)15-13-5-4-12(26-17(18,19)20)8-14(13)22-23-15/h4-5,8-11H,2-3,6-7H2,1H3,(H,21,25)(H,22,23). The van der Waals surface area contributed by atoms with Crippen molar-refractivity contribution in [1.82, 2.24) is 20.4 Å². The number of aromatic amines is 1. The number of halogens is 3. The van der Waals surface area contributed by atoms with Gasteiger partial charge in [-0.2, -0.15) is 5.10 Å². The molecule has 4 rings (SSSR count). The van der Waals surface area contributed by atoms with E-state index >= 15 is 0 Å². The second kappa shape index (κ2) is 6.15. The summed E-state index contributed by atoms with van der Waals surface area (Å²) >= 11 is 0. The molecule has 2 aliphatic heterocycles. The van der Waals surface area contributed by atoms with E-state index < -0.39 is 6.36 Å². The van der Waals surface area contributed by atoms with Gasteiger partial charge in [-0.1, -0.05) is 0 Å². The number of piperidine rings is 1. The zero-order valence-corrected chi connectivity index (χ0v) is 14.1. The Morgan fingerprint density at radius 2 is 2.00 bits per heavy atom. The van der Waals surface area contributed by atoms with Crippen LogP contribution in [0.2, 0.25) is 0 Å². The Kier molecular flexibility index (Phi) is 4.06. The van der Waals surface area contributed by atoms with E-state index in [9.17, 15) is 18.0 Å². The van der Waals surface area contributed by atoms with Crippen LogP contribution in [-0.4, -0.2) is 52.5 Å². The van der Waals surface area contributed by atoms with E-state index in [1.165, 1.54) is 18.2 Å². The number of carbonyl (C=O) groups excluding carboxylic acids is 1. The summed E-state index contributed by atoms with van der Waals surface area (Å²) in [6.45, 7) is 0. The summed E-state index contributed by atoms with van der Waals surface area (Å²) in [4.78, 5) is 15.0. The Balaban J connectivity index is 1.49. The molecule has 2 fully saturated rings. The monoisotopic (exact) mass is 368 g/mol. The van der Waals surface area contributed by atoms with Crippen LogP contribution in [0.5, 0.6) is 5.75 Å². The van der Waals surface area contributed by atoms with E-state index in [0.717, 1.165) is 25.7 Å². The molecule has 9 heteroatoms. The van der Waals surface area contributed by atoms with Gasteiger partial charge < -0.3 is 15.0 Å². The lowest BCUT2D eigenvalue weighted by Gasteiger charge is -2.36. The van der Waals surface area contributed by atoms with E-state index in [-0.39, 0.29) is 23.4 Å². The summed E-state index contributed by atoms with van der Waals surface area (Å²) in [6, 6.07) is 4.86. The van der Waals surface area contributed by atoms with Gasteiger partial charge in [0.1, 0.15) is 5.75 Å². The highest BCUT2D eigenvalue weighted by molar-refractivity contribution is 6.05. The molecule has 0 saturated carbocycles. The van der Waals surface area contributed by atoms with Crippen molar-refractivity contribution in [3.8, 4) is 5.75 Å². The van der Waals surface area contributed by atoms with Gasteiger partial charge in [-0.15, -0.1) is 13.2 Å². The molecule has 2 bridgehead atoms. The van der Waals surface area contributed by atoms with E-state index in [0.29, 0.717) is 23.0 Å². The van der Waals surface area contributed by atoms with Crippen LogP contribution in [0.25, 0.3) is 10.9 Å². The zero-order valence-electron chi connectivity index (χ0n) is 14.1. The molecule has 3 heterocycles. The number of rotatable bonds is 3. The third kappa shape index (κ3) is 3.23. The topological polar surface area (TPSA) is 70.2 Å². The first-order valence-corrected chi connectivity index (χ1v) is 8.57. The number of carbonyl (C=O) groups is 1. The molecule has 1 amide bonds. The summed E-state index contributed by atoms with van der Waals surface area (Å²) in [6.07, 6.45) is -0.640. The first kappa shape index (κ1) is 17.1. The third-order valence-corrected chi connectivity index (χ3v) is 5.42. The van der Waals surface area contributed by atoms with Crippen LogP contribution >= 0.6 is 0 Å². The fourth-order valence-corrected chi connectivity index (χ4v) is 4.15. The van der Waals surface area contributed by atoms with Gasteiger partial charge in [0.25, 0.3) is 5.91 Å². The molecule has 2 N–H and O–H groups in total. The number of nitrogens with zero attached hydrogens (tertiary/aromatic N) is 2. The Morgan fingerprint density at radius 3 is 2.65 bits per heavy atom. The first-order chi connectivity index (χ1) is 12.3. The number of aromatic nitrogens is 2. The van der Waals surface area contributed by atoms with Crippen molar-refractivity contribution in [3.05, 3.63) is 23.9 Å². The smallest absolute Gasteiger partial charge is 0.406 e. The van der Waals surface area contributed by atoms with Gasteiger partial charge in [-0.3, -0.25) is 9.89 Å². The zero-order chi connectivity index (χ0) is 18.5. The predicted octanol–water partition coefficient (Wildman–Crippen LogP) is 2.82. The highest BCUT2D eigenvalue weighted by Gasteiger charge is 2.39. The highest BCUT2D eigenvalue weighted by Crippen LogP contribution is 2.34. The van der Waals surface area contributed by atoms with Crippen LogP contribution < -0.4 is 10.1 Å². The van der Waals surface area contributed by atoms with Gasteiger partial charge >= 0.3 is 6.36 Å². The molecule has 1 aromatic heterocycles. The normalized spacial score (nSPS) is 26.2. The van der Waals surface area contributed by atoms with E-state index in [1.54, 1.807) is 0 Å². The molecule has 1 aromatic carbocycles. The van der Waals surface area contributed by atoms with Crippen molar-refractivity contribution < 1.29 is 22.7 Å². The molecule has 140 valence electrons. The minimum Gasteiger partial charge on any atom is -0.406 e. The van der Waals surface area contributed by atoms with E-state index in [4.69, 9.17) is 0 Å². The molecule has 2 atom stereocenters. The number of H-pyrrole nitrogens is 1. The van der Waals surface area contributed by atoms with Crippen molar-refractivity contribution in [2.75, 3.05) is 7.05 Å². The number of benzene rings is 1. The quantitative estimate of drug-likeness (QED) is 0.874. The number of alkyl halides is 3. The summed E-state index contributed by atoms with van der Waals surface area (Å²) in [5, 5.41) is 10.1. The number of fused-ring (bicyclic) bond motifs is 3. The molecule has 6 nitrogen and oxygen atoms in total. The second-order valence-corrected chi connectivity index (χ2v) is 7.02. The van der Waals surface area contributed by atoms with Crippen LogP contribution in [0.1, 0.15) is 36.2 Å². The SMILES string of the molecule is CN1C2CCC1CC(NC(=O)c1n[nH]c3cc(OC(F)(F)F)ccc13)C2. The maximum Gasteiger partial charge on any atom is 0.573 e. The number of hydrogen-bond donors (Lipinski definition) is 2. The predicted molar refractivity (Wildman–Crippen MR) is 87.8 cm³/mol. The highest BCUT2D eigenvalue weighted by atomic mass is 19.4. The number of amides is 1. The van der Waals surface area contributed by atoms with E-state index in [2.05, 4.69) is 32.2 Å². The number of nitrogens with one attached hydrogen (secondary N) is 2. The average Bonchev–Trinajstić information content (AvgIpc) is 3.03. The van der Waals surface area contributed by atoms with Crippen molar-refractivity contribution in [2.24, 2.45) is 0 Å². The third-order valence-electron chi connectivity index (χ3n) is 5.42. The maximum absolute atomic E-state index is 12.6. The molecule has 26 heavy (non-hydrogen) atoms. The van der Waals surface area contributed by atoms with Gasteiger partial charge in [0.2, 0.25) is 0 Å². The summed E-state index contributed by atoms with van der Waals surface area (Å²) < 4.78 is 40.8. The van der Waals surface area contributed by atoms with Crippen molar-refractivity contribution in [1.29, 1.82) is 0 Å². The van der Waals surface area contributed by atoms with Crippen LogP contribution in [0, 0.1) is 0 Å². The minimum absolute atomic E-state index is 0.0933. The summed E-state index contributed by atoms with van der Waals surface area (Å²) in [5.41, 5.74) is 0.505. The fourth-order valence-electron chi connectivity index (χ4n) is 4.15. The maximum atomic E-state index is 12.6. The Hall–Kier alpha value is -2.29. The molecular formula is C17H19F3N4O2.